The Kier molecular flexibility index (Phi) is 4.79. The number of pyridine rings is 1. The zero-order valence-electron chi connectivity index (χ0n) is 16.3. The molecule has 2 aliphatic rings. The predicted molar refractivity (Wildman–Crippen MR) is 111 cm³/mol. The van der Waals surface area contributed by atoms with E-state index in [9.17, 15) is 4.79 Å². The quantitative estimate of drug-likeness (QED) is 0.739. The molecule has 0 saturated heterocycles. The Morgan fingerprint density at radius 2 is 1.93 bits per heavy atom. The van der Waals surface area contributed by atoms with E-state index in [1.807, 2.05) is 12.1 Å². The molecule has 29 heavy (non-hydrogen) atoms. The van der Waals surface area contributed by atoms with Crippen molar-refractivity contribution in [3.05, 3.63) is 64.6 Å². The molecule has 0 aromatic carbocycles. The van der Waals surface area contributed by atoms with E-state index in [-0.39, 0.29) is 11.6 Å². The molecule has 3 heterocycles. The first-order chi connectivity index (χ1) is 14.3. The van der Waals surface area contributed by atoms with Gasteiger partial charge in [-0.1, -0.05) is 0 Å². The van der Waals surface area contributed by atoms with Gasteiger partial charge in [-0.2, -0.15) is 5.10 Å². The first-order valence-electron chi connectivity index (χ1n) is 10.4. The molecule has 0 bridgehead atoms. The van der Waals surface area contributed by atoms with Crippen molar-refractivity contribution in [2.45, 2.75) is 57.0 Å². The Bertz CT molecular complexity index is 1060. The summed E-state index contributed by atoms with van der Waals surface area (Å²) < 4.78 is 1.67. The van der Waals surface area contributed by atoms with Gasteiger partial charge in [0, 0.05) is 41.3 Å². The van der Waals surface area contributed by atoms with Crippen LogP contribution in [0.2, 0.25) is 0 Å². The summed E-state index contributed by atoms with van der Waals surface area (Å²) in [6.45, 7) is 0. The highest BCUT2D eigenvalue weighted by atomic mass is 16.1. The predicted octanol–water partition coefficient (Wildman–Crippen LogP) is 3.18. The van der Waals surface area contributed by atoms with Crippen molar-refractivity contribution in [2.24, 2.45) is 0 Å². The van der Waals surface area contributed by atoms with Crippen LogP contribution in [0.15, 0.2) is 47.8 Å². The number of anilines is 1. The maximum atomic E-state index is 12.5. The van der Waals surface area contributed by atoms with Crippen LogP contribution in [0.25, 0.3) is 11.3 Å². The minimum absolute atomic E-state index is 0.0392. The molecule has 0 atom stereocenters. The molecular weight excluding hydrogens is 364 g/mol. The lowest BCUT2D eigenvalue weighted by Gasteiger charge is -2.30. The van der Waals surface area contributed by atoms with Crippen LogP contribution < -0.4 is 10.9 Å². The van der Waals surface area contributed by atoms with Gasteiger partial charge in [-0.05, 0) is 63.1 Å². The van der Waals surface area contributed by atoms with Gasteiger partial charge in [-0.25, -0.2) is 14.6 Å². The number of nitrogens with one attached hydrogen (secondary N) is 1. The van der Waals surface area contributed by atoms with Gasteiger partial charge < -0.3 is 5.32 Å². The zero-order valence-corrected chi connectivity index (χ0v) is 16.3. The van der Waals surface area contributed by atoms with E-state index in [0.29, 0.717) is 6.04 Å². The average molecular weight is 388 g/mol. The number of aryl methyl sites for hydroxylation is 1. The van der Waals surface area contributed by atoms with Gasteiger partial charge in [0.25, 0.3) is 5.56 Å². The summed E-state index contributed by atoms with van der Waals surface area (Å²) in [5.74, 6) is 1.00. The van der Waals surface area contributed by atoms with Crippen LogP contribution in [-0.4, -0.2) is 30.8 Å². The van der Waals surface area contributed by atoms with Crippen LogP contribution in [0.1, 0.15) is 49.4 Å². The van der Waals surface area contributed by atoms with Crippen molar-refractivity contribution in [3.63, 3.8) is 0 Å². The highest BCUT2D eigenvalue weighted by Gasteiger charge is 2.26. The van der Waals surface area contributed by atoms with Crippen LogP contribution in [-0.2, 0) is 12.8 Å². The van der Waals surface area contributed by atoms with E-state index >= 15 is 0 Å². The summed E-state index contributed by atoms with van der Waals surface area (Å²) in [5, 5.41) is 8.28. The molecule has 0 radical (unpaired) electrons. The fourth-order valence-corrected chi connectivity index (χ4v) is 4.50. The number of aromatic nitrogens is 5. The highest BCUT2D eigenvalue weighted by Crippen LogP contribution is 2.31. The third-order valence-electron chi connectivity index (χ3n) is 6.04. The summed E-state index contributed by atoms with van der Waals surface area (Å²) in [6.07, 6.45) is 12.3. The summed E-state index contributed by atoms with van der Waals surface area (Å²) in [7, 11) is 0. The molecule has 1 fully saturated rings. The van der Waals surface area contributed by atoms with Crippen molar-refractivity contribution in [1.29, 1.82) is 0 Å². The normalized spacial score (nSPS) is 21.0. The van der Waals surface area contributed by atoms with Crippen LogP contribution in [0.3, 0.4) is 0 Å². The van der Waals surface area contributed by atoms with Gasteiger partial charge >= 0.3 is 0 Å². The van der Waals surface area contributed by atoms with Gasteiger partial charge in [-0.3, -0.25) is 9.78 Å². The minimum Gasteiger partial charge on any atom is -0.367 e. The number of fused-ring (bicyclic) bond motifs is 1. The van der Waals surface area contributed by atoms with Gasteiger partial charge in [0.05, 0.1) is 11.7 Å². The van der Waals surface area contributed by atoms with Gasteiger partial charge in [-0.15, -0.1) is 0 Å². The topological polar surface area (TPSA) is 85.6 Å². The van der Waals surface area contributed by atoms with Crippen LogP contribution in [0, 0.1) is 0 Å². The first kappa shape index (κ1) is 18.0. The molecule has 7 heteroatoms. The number of hydrogen-bond donors (Lipinski definition) is 1. The largest absolute Gasteiger partial charge is 0.367 e. The van der Waals surface area contributed by atoms with Crippen molar-refractivity contribution in [1.82, 2.24) is 24.7 Å². The number of nitrogens with zero attached hydrogens (tertiary/aromatic N) is 5. The molecule has 0 unspecified atom stereocenters. The van der Waals surface area contributed by atoms with Crippen LogP contribution in [0.4, 0.5) is 5.82 Å². The number of rotatable bonds is 4. The molecule has 5 rings (SSSR count). The van der Waals surface area contributed by atoms with Crippen molar-refractivity contribution >= 4 is 5.82 Å². The molecule has 2 aliphatic carbocycles. The summed E-state index contributed by atoms with van der Waals surface area (Å²) in [5.41, 5.74) is 4.15. The van der Waals surface area contributed by atoms with Crippen molar-refractivity contribution < 1.29 is 0 Å². The Morgan fingerprint density at radius 3 is 2.76 bits per heavy atom. The van der Waals surface area contributed by atoms with E-state index in [1.165, 1.54) is 11.3 Å². The molecule has 1 saturated carbocycles. The van der Waals surface area contributed by atoms with Crippen molar-refractivity contribution in [2.75, 3.05) is 5.32 Å². The van der Waals surface area contributed by atoms with E-state index in [1.54, 1.807) is 35.5 Å². The van der Waals surface area contributed by atoms with E-state index < -0.39 is 0 Å². The Morgan fingerprint density at radius 1 is 1.03 bits per heavy atom. The van der Waals surface area contributed by atoms with Crippen LogP contribution >= 0.6 is 0 Å². The van der Waals surface area contributed by atoms with Gasteiger partial charge in [0.2, 0.25) is 0 Å². The Hall–Kier alpha value is -3.09. The van der Waals surface area contributed by atoms with E-state index in [0.717, 1.165) is 62.0 Å². The molecule has 0 aliphatic heterocycles. The summed E-state index contributed by atoms with van der Waals surface area (Å²) in [6, 6.07) is 7.75. The molecular formula is C22H24N6O. The third kappa shape index (κ3) is 3.64. The van der Waals surface area contributed by atoms with Gasteiger partial charge in [0.15, 0.2) is 0 Å². The molecule has 0 spiro atoms. The number of hydrogen-bond acceptors (Lipinski definition) is 6. The SMILES string of the molecule is O=c1ccc(-c2cccnc2)nn1C1CCC(Nc2ncnc3c2CCC3)CC1. The molecule has 0 amide bonds. The Labute approximate surface area is 169 Å². The summed E-state index contributed by atoms with van der Waals surface area (Å²) in [4.78, 5) is 25.5. The monoisotopic (exact) mass is 388 g/mol. The van der Waals surface area contributed by atoms with Crippen molar-refractivity contribution in [3.8, 4) is 11.3 Å². The van der Waals surface area contributed by atoms with Crippen LogP contribution in [0.5, 0.6) is 0 Å². The van der Waals surface area contributed by atoms with E-state index in [4.69, 9.17) is 0 Å². The maximum absolute atomic E-state index is 12.5. The first-order valence-corrected chi connectivity index (χ1v) is 10.4. The lowest BCUT2D eigenvalue weighted by atomic mass is 9.91. The summed E-state index contributed by atoms with van der Waals surface area (Å²) >= 11 is 0. The van der Waals surface area contributed by atoms with E-state index in [2.05, 4.69) is 25.4 Å². The second-order valence-corrected chi connectivity index (χ2v) is 7.89. The molecule has 3 aromatic rings. The lowest BCUT2D eigenvalue weighted by Crippen LogP contribution is -2.33. The lowest BCUT2D eigenvalue weighted by molar-refractivity contribution is 0.304. The average Bonchev–Trinajstić information content (AvgIpc) is 3.25. The Balaban J connectivity index is 1.29. The zero-order chi connectivity index (χ0) is 19.6. The maximum Gasteiger partial charge on any atom is 0.267 e. The third-order valence-corrected chi connectivity index (χ3v) is 6.04. The standard InChI is InChI=1S/C22H24N6O/c29-21-11-10-19(15-3-2-12-23-13-15)27-28(21)17-8-6-16(7-9-17)26-22-18-4-1-5-20(18)24-14-25-22/h2-3,10-14,16-17H,1,4-9H2,(H,24,25,26). The fourth-order valence-electron chi connectivity index (χ4n) is 4.50. The molecule has 3 aromatic heterocycles. The highest BCUT2D eigenvalue weighted by molar-refractivity contribution is 5.56. The fraction of sp³-hybridized carbons (Fsp3) is 0.409. The minimum atomic E-state index is -0.0392. The van der Waals surface area contributed by atoms with Gasteiger partial charge in [0.1, 0.15) is 12.1 Å². The second kappa shape index (κ2) is 7.73. The molecule has 7 nitrogen and oxygen atoms in total. The second-order valence-electron chi connectivity index (χ2n) is 7.89. The smallest absolute Gasteiger partial charge is 0.267 e. The molecule has 1 N–H and O–H groups in total. The molecule has 148 valence electrons.